The number of anilines is 1. The number of benzene rings is 2. The third kappa shape index (κ3) is 5.17. The van der Waals surface area contributed by atoms with Crippen LogP contribution in [0.5, 0.6) is 0 Å². The van der Waals surface area contributed by atoms with E-state index in [1.165, 1.54) is 18.2 Å². The summed E-state index contributed by atoms with van der Waals surface area (Å²) in [6.07, 6.45) is -1.04. The van der Waals surface area contributed by atoms with Gasteiger partial charge in [0.2, 0.25) is 0 Å². The molecule has 0 bridgehead atoms. The third-order valence-corrected chi connectivity index (χ3v) is 4.83. The van der Waals surface area contributed by atoms with E-state index >= 15 is 0 Å². The molecule has 4 amide bonds. The number of carbonyl (C=O) groups excluding carboxylic acids is 3. The molecule has 1 saturated heterocycles. The Morgan fingerprint density at radius 2 is 1.75 bits per heavy atom. The highest BCUT2D eigenvalue weighted by Crippen LogP contribution is 2.21. The van der Waals surface area contributed by atoms with Crippen LogP contribution in [0.2, 0.25) is 0 Å². The van der Waals surface area contributed by atoms with Crippen molar-refractivity contribution in [2.75, 3.05) is 31.5 Å². The number of urea groups is 1. The standard InChI is InChI=1S/C21H22F3N5O3/c22-14-3-1-4-15(12-14)27-21(32)29-10-2-9-28(19(29)18(30)26-8-7-25)20(31)13-5-6-16(23)17(24)11-13/h1,3-6,11-12,19H,2,7-10,25H2,(H,26,30)(H,27,32). The first-order chi connectivity index (χ1) is 15.3. The lowest BCUT2D eigenvalue weighted by molar-refractivity contribution is -0.132. The highest BCUT2D eigenvalue weighted by molar-refractivity contribution is 6.00. The summed E-state index contributed by atoms with van der Waals surface area (Å²) in [5.74, 6) is -4.31. The molecule has 11 heteroatoms. The first-order valence-corrected chi connectivity index (χ1v) is 9.89. The highest BCUT2D eigenvalue weighted by Gasteiger charge is 2.40. The van der Waals surface area contributed by atoms with Crippen molar-refractivity contribution < 1.29 is 27.6 Å². The van der Waals surface area contributed by atoms with Crippen LogP contribution in [0, 0.1) is 17.5 Å². The zero-order chi connectivity index (χ0) is 23.3. The topological polar surface area (TPSA) is 108 Å². The van der Waals surface area contributed by atoms with E-state index in [9.17, 15) is 27.6 Å². The van der Waals surface area contributed by atoms with Crippen molar-refractivity contribution in [2.24, 2.45) is 5.73 Å². The summed E-state index contributed by atoms with van der Waals surface area (Å²) in [6.45, 7) is 0.457. The fourth-order valence-corrected chi connectivity index (χ4v) is 3.38. The Balaban J connectivity index is 1.89. The number of nitrogens with two attached hydrogens (primary N) is 1. The van der Waals surface area contributed by atoms with E-state index in [1.807, 2.05) is 0 Å². The molecule has 1 heterocycles. The van der Waals surface area contributed by atoms with Gasteiger partial charge < -0.3 is 21.3 Å². The highest BCUT2D eigenvalue weighted by atomic mass is 19.2. The van der Waals surface area contributed by atoms with E-state index in [1.54, 1.807) is 0 Å². The lowest BCUT2D eigenvalue weighted by Crippen LogP contribution is -2.64. The summed E-state index contributed by atoms with van der Waals surface area (Å²) < 4.78 is 40.4. The Morgan fingerprint density at radius 1 is 1.00 bits per heavy atom. The van der Waals surface area contributed by atoms with Crippen molar-refractivity contribution in [3.05, 3.63) is 65.5 Å². The zero-order valence-electron chi connectivity index (χ0n) is 17.0. The molecule has 1 atom stereocenters. The maximum atomic E-state index is 13.7. The van der Waals surface area contributed by atoms with Crippen LogP contribution in [0.25, 0.3) is 0 Å². The van der Waals surface area contributed by atoms with Gasteiger partial charge in [0.25, 0.3) is 11.8 Å². The van der Waals surface area contributed by atoms with Gasteiger partial charge in [-0.2, -0.15) is 0 Å². The number of carbonyl (C=O) groups is 3. The molecule has 170 valence electrons. The van der Waals surface area contributed by atoms with E-state index in [-0.39, 0.29) is 37.4 Å². The second kappa shape index (κ2) is 10.1. The summed E-state index contributed by atoms with van der Waals surface area (Å²) in [4.78, 5) is 41.1. The molecular formula is C21H22F3N5O3. The van der Waals surface area contributed by atoms with E-state index in [0.717, 1.165) is 34.1 Å². The first kappa shape index (κ1) is 23.1. The Bertz CT molecular complexity index is 1020. The van der Waals surface area contributed by atoms with Crippen molar-refractivity contribution in [1.82, 2.24) is 15.1 Å². The molecule has 8 nitrogen and oxygen atoms in total. The summed E-state index contributed by atoms with van der Waals surface area (Å²) >= 11 is 0. The Kier molecular flexibility index (Phi) is 7.31. The number of halogens is 3. The van der Waals surface area contributed by atoms with E-state index in [4.69, 9.17) is 5.73 Å². The molecule has 1 unspecified atom stereocenters. The Morgan fingerprint density at radius 3 is 2.44 bits per heavy atom. The van der Waals surface area contributed by atoms with Gasteiger partial charge >= 0.3 is 6.03 Å². The minimum atomic E-state index is -1.37. The van der Waals surface area contributed by atoms with Gasteiger partial charge in [-0.1, -0.05) is 6.07 Å². The fourth-order valence-electron chi connectivity index (χ4n) is 3.38. The Labute approximate surface area is 182 Å². The van der Waals surface area contributed by atoms with Crippen LogP contribution in [0.3, 0.4) is 0 Å². The number of rotatable bonds is 5. The quantitative estimate of drug-likeness (QED) is 0.648. The maximum absolute atomic E-state index is 13.7. The molecule has 2 aromatic carbocycles. The lowest BCUT2D eigenvalue weighted by atomic mass is 10.1. The summed E-state index contributed by atoms with van der Waals surface area (Å²) in [7, 11) is 0. The van der Waals surface area contributed by atoms with Crippen LogP contribution in [0.4, 0.5) is 23.7 Å². The number of nitrogens with one attached hydrogen (secondary N) is 2. The van der Waals surface area contributed by atoms with Crippen LogP contribution < -0.4 is 16.4 Å². The van der Waals surface area contributed by atoms with Gasteiger partial charge in [-0.25, -0.2) is 18.0 Å². The molecule has 0 aromatic heterocycles. The SMILES string of the molecule is NCCNC(=O)C1N(C(=O)Nc2cccc(F)c2)CCCN1C(=O)c1ccc(F)c(F)c1. The zero-order valence-corrected chi connectivity index (χ0v) is 17.0. The van der Waals surface area contributed by atoms with Gasteiger partial charge in [-0.3, -0.25) is 14.5 Å². The number of hydrogen-bond donors (Lipinski definition) is 3. The molecule has 3 rings (SSSR count). The summed E-state index contributed by atoms with van der Waals surface area (Å²) in [5.41, 5.74) is 5.43. The molecule has 0 aliphatic carbocycles. The Hall–Kier alpha value is -3.60. The molecule has 32 heavy (non-hydrogen) atoms. The van der Waals surface area contributed by atoms with Crippen molar-refractivity contribution in [2.45, 2.75) is 12.6 Å². The average Bonchev–Trinajstić information content (AvgIpc) is 2.78. The number of hydrogen-bond acceptors (Lipinski definition) is 4. The van der Waals surface area contributed by atoms with E-state index < -0.39 is 41.5 Å². The fraction of sp³-hybridized carbons (Fsp3) is 0.286. The van der Waals surface area contributed by atoms with Gasteiger partial charge in [0.05, 0.1) is 0 Å². The molecule has 2 aromatic rings. The smallest absolute Gasteiger partial charge is 0.323 e. The summed E-state index contributed by atoms with van der Waals surface area (Å²) in [6, 6.07) is 7.11. The van der Waals surface area contributed by atoms with Gasteiger partial charge in [-0.15, -0.1) is 0 Å². The van der Waals surface area contributed by atoms with Crippen molar-refractivity contribution in [3.63, 3.8) is 0 Å². The molecule has 0 radical (unpaired) electrons. The average molecular weight is 449 g/mol. The first-order valence-electron chi connectivity index (χ1n) is 9.89. The van der Waals surface area contributed by atoms with E-state index in [2.05, 4.69) is 10.6 Å². The minimum Gasteiger partial charge on any atom is -0.351 e. The largest absolute Gasteiger partial charge is 0.351 e. The van der Waals surface area contributed by atoms with E-state index in [0.29, 0.717) is 6.42 Å². The molecular weight excluding hydrogens is 427 g/mol. The van der Waals surface area contributed by atoms with Crippen molar-refractivity contribution in [3.8, 4) is 0 Å². The second-order valence-electron chi connectivity index (χ2n) is 7.07. The monoisotopic (exact) mass is 449 g/mol. The van der Waals surface area contributed by atoms with Gasteiger partial charge in [-0.05, 0) is 42.8 Å². The third-order valence-electron chi connectivity index (χ3n) is 4.83. The second-order valence-corrected chi connectivity index (χ2v) is 7.07. The number of amides is 4. The predicted octanol–water partition coefficient (Wildman–Crippen LogP) is 1.88. The molecule has 1 fully saturated rings. The summed E-state index contributed by atoms with van der Waals surface area (Å²) in [5, 5.41) is 5.05. The molecule has 0 spiro atoms. The van der Waals surface area contributed by atoms with Crippen LogP contribution in [-0.2, 0) is 4.79 Å². The normalized spacial score (nSPS) is 15.9. The van der Waals surface area contributed by atoms with Crippen LogP contribution in [0.1, 0.15) is 16.8 Å². The van der Waals surface area contributed by atoms with Crippen molar-refractivity contribution in [1.29, 1.82) is 0 Å². The predicted molar refractivity (Wildman–Crippen MR) is 110 cm³/mol. The lowest BCUT2D eigenvalue weighted by Gasteiger charge is -2.42. The van der Waals surface area contributed by atoms with Crippen LogP contribution >= 0.6 is 0 Å². The number of nitrogens with zero attached hydrogens (tertiary/aromatic N) is 2. The van der Waals surface area contributed by atoms with Gasteiger partial charge in [0.1, 0.15) is 5.82 Å². The molecule has 4 N–H and O–H groups in total. The van der Waals surface area contributed by atoms with Gasteiger partial charge in [0, 0.05) is 37.4 Å². The molecule has 0 saturated carbocycles. The minimum absolute atomic E-state index is 0.0991. The van der Waals surface area contributed by atoms with Crippen LogP contribution in [-0.4, -0.2) is 60.0 Å². The molecule has 1 aliphatic rings. The van der Waals surface area contributed by atoms with Crippen LogP contribution in [0.15, 0.2) is 42.5 Å². The van der Waals surface area contributed by atoms with Crippen molar-refractivity contribution >= 4 is 23.5 Å². The molecule has 1 aliphatic heterocycles. The maximum Gasteiger partial charge on any atom is 0.323 e. The van der Waals surface area contributed by atoms with Gasteiger partial charge in [0.15, 0.2) is 17.8 Å².